The predicted octanol–water partition coefficient (Wildman–Crippen LogP) is 5.00. The number of ether oxygens (including phenoxy) is 1. The summed E-state index contributed by atoms with van der Waals surface area (Å²) >= 11 is 3.46. The number of benzene rings is 2. The molecule has 0 aliphatic carbocycles. The Balaban J connectivity index is 1.96. The van der Waals surface area contributed by atoms with Crippen LogP contribution in [0.25, 0.3) is 10.9 Å². The predicted molar refractivity (Wildman–Crippen MR) is 104 cm³/mol. The van der Waals surface area contributed by atoms with Gasteiger partial charge in [-0.2, -0.15) is 10.5 Å². The van der Waals surface area contributed by atoms with Gasteiger partial charge >= 0.3 is 0 Å². The molecule has 1 aromatic heterocycles. The van der Waals surface area contributed by atoms with Crippen molar-refractivity contribution in [2.45, 2.75) is 12.3 Å². The molecule has 1 unspecified atom stereocenters. The highest BCUT2D eigenvalue weighted by Crippen LogP contribution is 2.30. The molecule has 3 rings (SSSR count). The van der Waals surface area contributed by atoms with Crippen molar-refractivity contribution in [1.82, 2.24) is 4.98 Å². The summed E-state index contributed by atoms with van der Waals surface area (Å²) < 4.78 is 6.20. The molecular weight excluding hydrogens is 390 g/mol. The van der Waals surface area contributed by atoms with Gasteiger partial charge in [0.25, 0.3) is 0 Å². The van der Waals surface area contributed by atoms with Crippen molar-refractivity contribution >= 4 is 26.8 Å². The number of hydrogen-bond donors (Lipinski definition) is 0. The number of methoxy groups -OCH3 is 1. The maximum absolute atomic E-state index is 9.42. The average molecular weight is 406 g/mol. The van der Waals surface area contributed by atoms with Gasteiger partial charge in [-0.25, -0.2) is 0 Å². The van der Waals surface area contributed by atoms with E-state index in [0.717, 1.165) is 32.4 Å². The van der Waals surface area contributed by atoms with E-state index >= 15 is 0 Å². The summed E-state index contributed by atoms with van der Waals surface area (Å²) in [6, 6.07) is 21.6. The molecule has 128 valence electrons. The Hall–Kier alpha value is -2.89. The Morgan fingerprint density at radius 3 is 2.42 bits per heavy atom. The topological polar surface area (TPSA) is 69.7 Å². The van der Waals surface area contributed by atoms with Crippen LogP contribution in [0.5, 0.6) is 5.75 Å². The summed E-state index contributed by atoms with van der Waals surface area (Å²) in [5.41, 5.74) is 2.68. The van der Waals surface area contributed by atoms with E-state index < -0.39 is 5.92 Å². The Morgan fingerprint density at radius 1 is 1.04 bits per heavy atom. The van der Waals surface area contributed by atoms with Gasteiger partial charge in [-0.3, -0.25) is 4.98 Å². The lowest BCUT2D eigenvalue weighted by Gasteiger charge is -2.18. The lowest BCUT2D eigenvalue weighted by atomic mass is 9.84. The molecule has 0 radical (unpaired) electrons. The summed E-state index contributed by atoms with van der Waals surface area (Å²) in [7, 11) is 1.61. The van der Waals surface area contributed by atoms with Crippen LogP contribution in [-0.4, -0.2) is 12.1 Å². The van der Waals surface area contributed by atoms with Crippen LogP contribution in [-0.2, 0) is 6.42 Å². The van der Waals surface area contributed by atoms with Gasteiger partial charge in [0.1, 0.15) is 11.7 Å². The van der Waals surface area contributed by atoms with Crippen LogP contribution < -0.4 is 4.74 Å². The lowest BCUT2D eigenvalue weighted by Crippen LogP contribution is -2.13. The normalized spacial score (nSPS) is 11.7. The first kappa shape index (κ1) is 17.9. The number of halogens is 1. The van der Waals surface area contributed by atoms with Gasteiger partial charge in [-0.05, 0) is 48.4 Å². The van der Waals surface area contributed by atoms with Crippen molar-refractivity contribution in [2.75, 3.05) is 7.11 Å². The first-order valence-corrected chi connectivity index (χ1v) is 8.92. The molecule has 4 nitrogen and oxygen atoms in total. The molecule has 0 amide bonds. The quantitative estimate of drug-likeness (QED) is 0.598. The minimum absolute atomic E-state index is 0.253. The van der Waals surface area contributed by atoms with Gasteiger partial charge in [0.15, 0.2) is 0 Å². The monoisotopic (exact) mass is 405 g/mol. The van der Waals surface area contributed by atoms with Gasteiger partial charge in [-0.1, -0.05) is 34.1 Å². The van der Waals surface area contributed by atoms with E-state index in [4.69, 9.17) is 9.72 Å². The van der Waals surface area contributed by atoms with Crippen molar-refractivity contribution < 1.29 is 4.74 Å². The number of fused-ring (bicyclic) bond motifs is 1. The Bertz CT molecular complexity index is 988. The van der Waals surface area contributed by atoms with E-state index in [2.05, 4.69) is 28.1 Å². The van der Waals surface area contributed by atoms with Crippen LogP contribution in [0.1, 0.15) is 17.2 Å². The molecule has 0 aliphatic rings. The average Bonchev–Trinajstić information content (AvgIpc) is 2.68. The maximum Gasteiger partial charge on any atom is 0.140 e. The molecule has 1 atom stereocenters. The molecule has 0 aliphatic heterocycles. The fourth-order valence-corrected chi connectivity index (χ4v) is 3.34. The third kappa shape index (κ3) is 3.85. The van der Waals surface area contributed by atoms with E-state index in [-0.39, 0.29) is 5.92 Å². The van der Waals surface area contributed by atoms with Crippen molar-refractivity contribution in [3.05, 3.63) is 70.3 Å². The molecule has 0 saturated carbocycles. The van der Waals surface area contributed by atoms with Crippen LogP contribution in [0.3, 0.4) is 0 Å². The Labute approximate surface area is 160 Å². The van der Waals surface area contributed by atoms with Crippen LogP contribution in [0.4, 0.5) is 0 Å². The summed E-state index contributed by atoms with van der Waals surface area (Å²) in [4.78, 5) is 4.70. The fraction of sp³-hybridized carbons (Fsp3) is 0.190. The molecule has 0 bridgehead atoms. The zero-order valence-electron chi connectivity index (χ0n) is 14.2. The second-order valence-corrected chi connectivity index (χ2v) is 6.87. The van der Waals surface area contributed by atoms with Crippen molar-refractivity contribution in [3.63, 3.8) is 0 Å². The van der Waals surface area contributed by atoms with Crippen molar-refractivity contribution in [1.29, 1.82) is 10.5 Å². The summed E-state index contributed by atoms with van der Waals surface area (Å²) in [5, 5.41) is 19.9. The van der Waals surface area contributed by atoms with Crippen LogP contribution >= 0.6 is 15.9 Å². The van der Waals surface area contributed by atoms with E-state index in [1.54, 1.807) is 7.11 Å². The molecule has 2 aromatic carbocycles. The molecule has 0 spiro atoms. The van der Waals surface area contributed by atoms with Crippen LogP contribution in [0.2, 0.25) is 0 Å². The number of nitrogens with zero attached hydrogens (tertiary/aromatic N) is 3. The summed E-state index contributed by atoms with van der Waals surface area (Å²) in [5.74, 6) is -0.255. The number of hydrogen-bond acceptors (Lipinski definition) is 4. The van der Waals surface area contributed by atoms with Crippen LogP contribution in [0.15, 0.2) is 59.1 Å². The summed E-state index contributed by atoms with van der Waals surface area (Å²) in [6.07, 6.45) is 0.518. The number of rotatable bonds is 5. The molecule has 1 heterocycles. The second kappa shape index (κ2) is 7.99. The van der Waals surface area contributed by atoms with Crippen molar-refractivity contribution in [2.24, 2.45) is 5.92 Å². The van der Waals surface area contributed by atoms with E-state index in [0.29, 0.717) is 6.42 Å². The molecule has 0 saturated heterocycles. The lowest BCUT2D eigenvalue weighted by molar-refractivity contribution is 0.414. The summed E-state index contributed by atoms with van der Waals surface area (Å²) in [6.45, 7) is 0. The van der Waals surface area contributed by atoms with Gasteiger partial charge in [0.05, 0.1) is 24.8 Å². The van der Waals surface area contributed by atoms with Crippen LogP contribution in [0, 0.1) is 28.6 Å². The van der Waals surface area contributed by atoms with Gasteiger partial charge in [-0.15, -0.1) is 0 Å². The molecule has 0 N–H and O–H groups in total. The van der Waals surface area contributed by atoms with E-state index in [1.165, 1.54) is 0 Å². The molecule has 3 aromatic rings. The molecule has 5 heteroatoms. The highest BCUT2D eigenvalue weighted by Gasteiger charge is 2.24. The highest BCUT2D eigenvalue weighted by molar-refractivity contribution is 9.10. The van der Waals surface area contributed by atoms with E-state index in [9.17, 15) is 10.5 Å². The SMILES string of the molecule is COc1ccc(C(Cc2ccc3cc(Br)ccc3n2)C(C#N)C#N)cc1. The minimum atomic E-state index is -0.745. The van der Waals surface area contributed by atoms with Gasteiger partial charge in [0.2, 0.25) is 0 Å². The second-order valence-electron chi connectivity index (χ2n) is 5.96. The smallest absolute Gasteiger partial charge is 0.140 e. The third-order valence-electron chi connectivity index (χ3n) is 4.36. The Kier molecular flexibility index (Phi) is 5.51. The first-order chi connectivity index (χ1) is 12.6. The third-order valence-corrected chi connectivity index (χ3v) is 4.86. The van der Waals surface area contributed by atoms with Crippen molar-refractivity contribution in [3.8, 4) is 17.9 Å². The van der Waals surface area contributed by atoms with Gasteiger partial charge < -0.3 is 4.74 Å². The largest absolute Gasteiger partial charge is 0.497 e. The standard InChI is InChI=1S/C21H16BrN3O/c1-26-19-7-3-14(4-8-19)20(16(12-23)13-24)11-18-6-2-15-10-17(22)5-9-21(15)25-18/h2-10,16,20H,11H2,1H3. The highest BCUT2D eigenvalue weighted by atomic mass is 79.9. The Morgan fingerprint density at radius 2 is 1.77 bits per heavy atom. The maximum atomic E-state index is 9.42. The van der Waals surface area contributed by atoms with E-state index in [1.807, 2.05) is 54.6 Å². The number of pyridine rings is 1. The molecule has 26 heavy (non-hydrogen) atoms. The molecular formula is C21H16BrN3O. The zero-order valence-corrected chi connectivity index (χ0v) is 15.8. The first-order valence-electron chi connectivity index (χ1n) is 8.13. The number of nitriles is 2. The zero-order chi connectivity index (χ0) is 18.5. The molecule has 0 fully saturated rings. The number of aromatic nitrogens is 1. The van der Waals surface area contributed by atoms with Gasteiger partial charge in [0, 0.05) is 21.5 Å². The minimum Gasteiger partial charge on any atom is -0.497 e. The fourth-order valence-electron chi connectivity index (χ4n) is 2.97.